The number of benzene rings is 1. The topological polar surface area (TPSA) is 76.1 Å². The molecule has 1 aromatic carbocycles. The van der Waals surface area contributed by atoms with Crippen molar-refractivity contribution in [1.82, 2.24) is 9.97 Å². The number of anilines is 2. The molecule has 0 aliphatic heterocycles. The lowest BCUT2D eigenvalue weighted by Crippen LogP contribution is -2.15. The van der Waals surface area contributed by atoms with Crippen LogP contribution in [0.2, 0.25) is 0 Å². The number of rotatable bonds is 6. The van der Waals surface area contributed by atoms with E-state index in [0.717, 1.165) is 12.1 Å². The maximum absolute atomic E-state index is 12.2. The summed E-state index contributed by atoms with van der Waals surface area (Å²) in [5.74, 6) is 0.287. The lowest BCUT2D eigenvalue weighted by atomic mass is 10.2. The summed E-state index contributed by atoms with van der Waals surface area (Å²) < 4.78 is 5.07. The molecular formula is C15H18N4O2. The SMILES string of the molecule is CCNc1cncc(C(=O)Nc2cccc(COC)c2)n1. The largest absolute Gasteiger partial charge is 0.380 e. The Morgan fingerprint density at radius 1 is 1.33 bits per heavy atom. The normalized spacial score (nSPS) is 10.2. The van der Waals surface area contributed by atoms with Crippen molar-refractivity contribution >= 4 is 17.4 Å². The third-order valence-corrected chi connectivity index (χ3v) is 2.72. The van der Waals surface area contributed by atoms with E-state index in [4.69, 9.17) is 4.74 Å². The van der Waals surface area contributed by atoms with Gasteiger partial charge in [0, 0.05) is 19.3 Å². The molecule has 0 saturated heterocycles. The molecule has 0 aliphatic carbocycles. The number of carbonyl (C=O) groups is 1. The highest BCUT2D eigenvalue weighted by molar-refractivity contribution is 6.02. The number of ether oxygens (including phenoxy) is 1. The summed E-state index contributed by atoms with van der Waals surface area (Å²) in [5.41, 5.74) is 1.96. The number of hydrogen-bond donors (Lipinski definition) is 2. The Labute approximate surface area is 123 Å². The fourth-order valence-corrected chi connectivity index (χ4v) is 1.84. The molecule has 0 atom stereocenters. The molecule has 1 amide bonds. The number of carbonyl (C=O) groups excluding carboxylic acids is 1. The summed E-state index contributed by atoms with van der Waals surface area (Å²) in [6.07, 6.45) is 3.02. The Morgan fingerprint density at radius 3 is 2.95 bits per heavy atom. The standard InChI is InChI=1S/C15H18N4O2/c1-3-17-14-9-16-8-13(19-14)15(20)18-12-6-4-5-11(7-12)10-21-2/h4-9H,3,10H2,1-2H3,(H,17,19)(H,18,20). The summed E-state index contributed by atoms with van der Waals surface area (Å²) in [5, 5.41) is 5.82. The Morgan fingerprint density at radius 2 is 2.19 bits per heavy atom. The molecule has 6 nitrogen and oxygen atoms in total. The van der Waals surface area contributed by atoms with Crippen LogP contribution in [0.4, 0.5) is 11.5 Å². The first kappa shape index (κ1) is 14.9. The van der Waals surface area contributed by atoms with Gasteiger partial charge < -0.3 is 15.4 Å². The number of nitrogens with one attached hydrogen (secondary N) is 2. The van der Waals surface area contributed by atoms with Crippen molar-refractivity contribution in [1.29, 1.82) is 0 Å². The summed E-state index contributed by atoms with van der Waals surface area (Å²) in [7, 11) is 1.63. The zero-order chi connectivity index (χ0) is 15.1. The highest BCUT2D eigenvalue weighted by Gasteiger charge is 2.09. The molecule has 1 aromatic heterocycles. The quantitative estimate of drug-likeness (QED) is 0.852. The van der Waals surface area contributed by atoms with Crippen LogP contribution in [0, 0.1) is 0 Å². The molecule has 0 fully saturated rings. The van der Waals surface area contributed by atoms with Gasteiger partial charge in [0.25, 0.3) is 5.91 Å². The second-order valence-corrected chi connectivity index (χ2v) is 4.41. The fourth-order valence-electron chi connectivity index (χ4n) is 1.84. The van der Waals surface area contributed by atoms with E-state index in [0.29, 0.717) is 18.1 Å². The van der Waals surface area contributed by atoms with E-state index >= 15 is 0 Å². The zero-order valence-electron chi connectivity index (χ0n) is 12.1. The molecule has 110 valence electrons. The predicted molar refractivity (Wildman–Crippen MR) is 81.3 cm³/mol. The van der Waals surface area contributed by atoms with Crippen LogP contribution < -0.4 is 10.6 Å². The molecule has 6 heteroatoms. The smallest absolute Gasteiger partial charge is 0.275 e. The summed E-state index contributed by atoms with van der Waals surface area (Å²) in [6, 6.07) is 7.48. The fraction of sp³-hybridized carbons (Fsp3) is 0.267. The molecule has 0 aliphatic rings. The third kappa shape index (κ3) is 4.25. The van der Waals surface area contributed by atoms with Gasteiger partial charge in [-0.2, -0.15) is 0 Å². The molecular weight excluding hydrogens is 268 g/mol. The molecule has 2 aromatic rings. The van der Waals surface area contributed by atoms with Gasteiger partial charge in [-0.25, -0.2) is 4.98 Å². The van der Waals surface area contributed by atoms with Gasteiger partial charge in [0.1, 0.15) is 11.5 Å². The maximum Gasteiger partial charge on any atom is 0.275 e. The number of aromatic nitrogens is 2. The van der Waals surface area contributed by atoms with E-state index in [2.05, 4.69) is 20.6 Å². The van der Waals surface area contributed by atoms with Gasteiger partial charge >= 0.3 is 0 Å². The van der Waals surface area contributed by atoms with Crippen LogP contribution in [-0.4, -0.2) is 29.5 Å². The number of nitrogens with zero attached hydrogens (tertiary/aromatic N) is 2. The number of amides is 1. The first-order valence-electron chi connectivity index (χ1n) is 6.68. The maximum atomic E-state index is 12.2. The molecule has 2 N–H and O–H groups in total. The van der Waals surface area contributed by atoms with E-state index in [-0.39, 0.29) is 11.6 Å². The molecule has 0 bridgehead atoms. The minimum Gasteiger partial charge on any atom is -0.380 e. The van der Waals surface area contributed by atoms with Crippen LogP contribution in [0.15, 0.2) is 36.7 Å². The lowest BCUT2D eigenvalue weighted by Gasteiger charge is -2.08. The molecule has 2 rings (SSSR count). The third-order valence-electron chi connectivity index (χ3n) is 2.72. The second kappa shape index (κ2) is 7.35. The van der Waals surface area contributed by atoms with Gasteiger partial charge in [0.05, 0.1) is 19.0 Å². The predicted octanol–water partition coefficient (Wildman–Crippen LogP) is 2.31. The highest BCUT2D eigenvalue weighted by atomic mass is 16.5. The van der Waals surface area contributed by atoms with Crippen LogP contribution in [0.25, 0.3) is 0 Å². The van der Waals surface area contributed by atoms with Crippen molar-refractivity contribution in [3.63, 3.8) is 0 Å². The molecule has 0 radical (unpaired) electrons. The molecule has 1 heterocycles. The average molecular weight is 286 g/mol. The second-order valence-electron chi connectivity index (χ2n) is 4.41. The molecule has 21 heavy (non-hydrogen) atoms. The van der Waals surface area contributed by atoms with Crippen LogP contribution in [0.1, 0.15) is 23.0 Å². The van der Waals surface area contributed by atoms with Crippen molar-refractivity contribution in [2.24, 2.45) is 0 Å². The van der Waals surface area contributed by atoms with Gasteiger partial charge in [0.2, 0.25) is 0 Å². The Balaban J connectivity index is 2.10. The van der Waals surface area contributed by atoms with Gasteiger partial charge in [0.15, 0.2) is 0 Å². The number of hydrogen-bond acceptors (Lipinski definition) is 5. The highest BCUT2D eigenvalue weighted by Crippen LogP contribution is 2.13. The van der Waals surface area contributed by atoms with Crippen molar-refractivity contribution in [2.45, 2.75) is 13.5 Å². The minimum atomic E-state index is -0.295. The first-order valence-corrected chi connectivity index (χ1v) is 6.68. The summed E-state index contributed by atoms with van der Waals surface area (Å²) in [4.78, 5) is 20.4. The van der Waals surface area contributed by atoms with Crippen molar-refractivity contribution in [3.8, 4) is 0 Å². The van der Waals surface area contributed by atoms with Crippen LogP contribution in [-0.2, 0) is 11.3 Å². The Kier molecular flexibility index (Phi) is 5.22. The lowest BCUT2D eigenvalue weighted by molar-refractivity contribution is 0.102. The first-order chi connectivity index (χ1) is 10.2. The average Bonchev–Trinajstić information content (AvgIpc) is 2.48. The minimum absolute atomic E-state index is 0.269. The molecule has 0 spiro atoms. The van der Waals surface area contributed by atoms with Gasteiger partial charge in [-0.05, 0) is 24.6 Å². The zero-order valence-corrected chi connectivity index (χ0v) is 12.1. The number of methoxy groups -OCH3 is 1. The van der Waals surface area contributed by atoms with Crippen LogP contribution in [0.3, 0.4) is 0 Å². The van der Waals surface area contributed by atoms with E-state index in [9.17, 15) is 4.79 Å². The Bertz CT molecular complexity index is 616. The van der Waals surface area contributed by atoms with E-state index in [1.165, 1.54) is 6.20 Å². The molecule has 0 saturated carbocycles. The van der Waals surface area contributed by atoms with Crippen molar-refractivity contribution in [2.75, 3.05) is 24.3 Å². The Hall–Kier alpha value is -2.47. The van der Waals surface area contributed by atoms with Crippen LogP contribution in [0.5, 0.6) is 0 Å². The van der Waals surface area contributed by atoms with E-state index in [1.54, 1.807) is 13.3 Å². The van der Waals surface area contributed by atoms with E-state index in [1.807, 2.05) is 31.2 Å². The summed E-state index contributed by atoms with van der Waals surface area (Å²) in [6.45, 7) is 3.17. The summed E-state index contributed by atoms with van der Waals surface area (Å²) >= 11 is 0. The van der Waals surface area contributed by atoms with Gasteiger partial charge in [-0.1, -0.05) is 12.1 Å². The monoisotopic (exact) mass is 286 g/mol. The molecule has 0 unspecified atom stereocenters. The van der Waals surface area contributed by atoms with Crippen molar-refractivity contribution < 1.29 is 9.53 Å². The van der Waals surface area contributed by atoms with Gasteiger partial charge in [-0.3, -0.25) is 9.78 Å². The van der Waals surface area contributed by atoms with E-state index < -0.39 is 0 Å². The van der Waals surface area contributed by atoms with Gasteiger partial charge in [-0.15, -0.1) is 0 Å². The van der Waals surface area contributed by atoms with Crippen LogP contribution >= 0.6 is 0 Å². The van der Waals surface area contributed by atoms with Crippen molar-refractivity contribution in [3.05, 3.63) is 47.9 Å².